The molecule has 0 aliphatic carbocycles. The van der Waals surface area contributed by atoms with Gasteiger partial charge in [-0.25, -0.2) is 0 Å². The van der Waals surface area contributed by atoms with Crippen LogP contribution >= 0.6 is 0 Å². The summed E-state index contributed by atoms with van der Waals surface area (Å²) < 4.78 is 11.1. The van der Waals surface area contributed by atoms with Crippen LogP contribution in [0.3, 0.4) is 0 Å². The standard InChI is InChI=1S/C13H28N2O2/c1-4-15(7-9-16-5-2)13(11-14)6-8-17-12(3)10-13/h12H,4-11,14H2,1-3H3. The van der Waals surface area contributed by atoms with Gasteiger partial charge in [-0.3, -0.25) is 4.90 Å². The van der Waals surface area contributed by atoms with Crippen molar-refractivity contribution in [2.75, 3.05) is 39.5 Å². The second kappa shape index (κ2) is 7.31. The summed E-state index contributed by atoms with van der Waals surface area (Å²) in [6.07, 6.45) is 2.38. The van der Waals surface area contributed by atoms with Crippen molar-refractivity contribution in [3.05, 3.63) is 0 Å². The molecule has 0 amide bonds. The Morgan fingerprint density at radius 3 is 2.76 bits per heavy atom. The molecule has 1 aliphatic rings. The van der Waals surface area contributed by atoms with Gasteiger partial charge in [0, 0.05) is 31.8 Å². The van der Waals surface area contributed by atoms with Crippen LogP contribution in [0.1, 0.15) is 33.6 Å². The number of rotatable bonds is 7. The summed E-state index contributed by atoms with van der Waals surface area (Å²) in [6, 6.07) is 0. The minimum atomic E-state index is 0.115. The molecule has 2 unspecified atom stereocenters. The molecular formula is C13H28N2O2. The zero-order valence-corrected chi connectivity index (χ0v) is 11.6. The smallest absolute Gasteiger partial charge is 0.0593 e. The molecule has 1 rings (SSSR count). The van der Waals surface area contributed by atoms with Gasteiger partial charge in [0.15, 0.2) is 0 Å². The molecule has 1 saturated heterocycles. The van der Waals surface area contributed by atoms with Crippen molar-refractivity contribution in [3.63, 3.8) is 0 Å². The molecule has 0 aromatic rings. The first-order valence-corrected chi connectivity index (χ1v) is 6.83. The third kappa shape index (κ3) is 3.91. The molecule has 0 aromatic heterocycles. The van der Waals surface area contributed by atoms with E-state index in [0.29, 0.717) is 12.6 Å². The van der Waals surface area contributed by atoms with E-state index in [0.717, 1.165) is 45.8 Å². The normalized spacial score (nSPS) is 29.8. The number of nitrogens with zero attached hydrogens (tertiary/aromatic N) is 1. The molecule has 0 saturated carbocycles. The Labute approximate surface area is 105 Å². The number of likely N-dealkylation sites (N-methyl/N-ethyl adjacent to an activating group) is 1. The molecule has 0 spiro atoms. The van der Waals surface area contributed by atoms with Gasteiger partial charge in [-0.05, 0) is 33.2 Å². The Hall–Kier alpha value is -0.160. The highest BCUT2D eigenvalue weighted by molar-refractivity contribution is 4.95. The van der Waals surface area contributed by atoms with E-state index in [2.05, 4.69) is 18.7 Å². The minimum absolute atomic E-state index is 0.115. The van der Waals surface area contributed by atoms with Crippen molar-refractivity contribution < 1.29 is 9.47 Å². The Kier molecular flexibility index (Phi) is 6.41. The van der Waals surface area contributed by atoms with Gasteiger partial charge < -0.3 is 15.2 Å². The van der Waals surface area contributed by atoms with E-state index in [-0.39, 0.29) is 5.54 Å². The van der Waals surface area contributed by atoms with Crippen LogP contribution in [0.4, 0.5) is 0 Å². The molecule has 1 fully saturated rings. The minimum Gasteiger partial charge on any atom is -0.380 e. The van der Waals surface area contributed by atoms with E-state index in [4.69, 9.17) is 15.2 Å². The highest BCUT2D eigenvalue weighted by atomic mass is 16.5. The van der Waals surface area contributed by atoms with Gasteiger partial charge in [0.1, 0.15) is 0 Å². The largest absolute Gasteiger partial charge is 0.380 e. The third-order valence-corrected chi connectivity index (χ3v) is 3.78. The van der Waals surface area contributed by atoms with E-state index >= 15 is 0 Å². The lowest BCUT2D eigenvalue weighted by molar-refractivity contribution is -0.0678. The van der Waals surface area contributed by atoms with Gasteiger partial charge in [-0.2, -0.15) is 0 Å². The first kappa shape index (κ1) is 14.9. The van der Waals surface area contributed by atoms with Crippen molar-refractivity contribution in [3.8, 4) is 0 Å². The summed E-state index contributed by atoms with van der Waals surface area (Å²) in [5.74, 6) is 0. The lowest BCUT2D eigenvalue weighted by Gasteiger charge is -2.47. The van der Waals surface area contributed by atoms with Crippen molar-refractivity contribution in [1.29, 1.82) is 0 Å². The van der Waals surface area contributed by atoms with E-state index < -0.39 is 0 Å². The maximum absolute atomic E-state index is 6.04. The fourth-order valence-electron chi connectivity index (χ4n) is 2.80. The van der Waals surface area contributed by atoms with Crippen molar-refractivity contribution in [2.45, 2.75) is 45.3 Å². The lowest BCUT2D eigenvalue weighted by atomic mass is 9.85. The van der Waals surface area contributed by atoms with Crippen LogP contribution in [0.15, 0.2) is 0 Å². The quantitative estimate of drug-likeness (QED) is 0.685. The van der Waals surface area contributed by atoms with E-state index in [1.807, 2.05) is 6.92 Å². The van der Waals surface area contributed by atoms with Crippen LogP contribution in [-0.4, -0.2) is 56.0 Å². The van der Waals surface area contributed by atoms with Gasteiger partial charge in [-0.1, -0.05) is 6.92 Å². The highest BCUT2D eigenvalue weighted by Crippen LogP contribution is 2.29. The Balaban J connectivity index is 2.60. The van der Waals surface area contributed by atoms with Crippen LogP contribution in [0.2, 0.25) is 0 Å². The Morgan fingerprint density at radius 1 is 1.47 bits per heavy atom. The molecule has 17 heavy (non-hydrogen) atoms. The van der Waals surface area contributed by atoms with Crippen molar-refractivity contribution in [1.82, 2.24) is 4.90 Å². The number of hydrogen-bond donors (Lipinski definition) is 1. The zero-order chi connectivity index (χ0) is 12.7. The first-order chi connectivity index (χ1) is 8.18. The monoisotopic (exact) mass is 244 g/mol. The molecule has 0 bridgehead atoms. The summed E-state index contributed by atoms with van der Waals surface area (Å²) >= 11 is 0. The molecule has 2 atom stereocenters. The molecule has 4 heteroatoms. The van der Waals surface area contributed by atoms with Crippen LogP contribution in [0.5, 0.6) is 0 Å². The fourth-order valence-corrected chi connectivity index (χ4v) is 2.80. The number of nitrogens with two attached hydrogens (primary N) is 1. The zero-order valence-electron chi connectivity index (χ0n) is 11.6. The second-order valence-corrected chi connectivity index (χ2v) is 4.84. The Bertz CT molecular complexity index is 214. The summed E-state index contributed by atoms with van der Waals surface area (Å²) in [5, 5.41) is 0. The van der Waals surface area contributed by atoms with Crippen LogP contribution in [0, 0.1) is 0 Å². The van der Waals surface area contributed by atoms with Crippen LogP contribution in [0.25, 0.3) is 0 Å². The van der Waals surface area contributed by atoms with Gasteiger partial charge in [0.05, 0.1) is 12.7 Å². The highest BCUT2D eigenvalue weighted by Gasteiger charge is 2.38. The molecule has 2 N–H and O–H groups in total. The molecule has 4 nitrogen and oxygen atoms in total. The molecule has 0 aromatic carbocycles. The first-order valence-electron chi connectivity index (χ1n) is 6.83. The van der Waals surface area contributed by atoms with Crippen LogP contribution in [-0.2, 0) is 9.47 Å². The van der Waals surface area contributed by atoms with Crippen molar-refractivity contribution in [2.24, 2.45) is 5.73 Å². The summed E-state index contributed by atoms with van der Waals surface area (Å²) in [7, 11) is 0. The van der Waals surface area contributed by atoms with E-state index in [9.17, 15) is 0 Å². The molecule has 1 heterocycles. The average Bonchev–Trinajstić information content (AvgIpc) is 2.34. The topological polar surface area (TPSA) is 47.7 Å². The second-order valence-electron chi connectivity index (χ2n) is 4.84. The van der Waals surface area contributed by atoms with Gasteiger partial charge >= 0.3 is 0 Å². The van der Waals surface area contributed by atoms with E-state index in [1.165, 1.54) is 0 Å². The summed E-state index contributed by atoms with van der Waals surface area (Å²) in [5.41, 5.74) is 6.16. The predicted octanol–water partition coefficient (Wildman–Crippen LogP) is 1.24. The van der Waals surface area contributed by atoms with Gasteiger partial charge in [0.2, 0.25) is 0 Å². The maximum atomic E-state index is 6.04. The summed E-state index contributed by atoms with van der Waals surface area (Å²) in [4.78, 5) is 2.47. The number of ether oxygens (including phenoxy) is 2. The number of hydrogen-bond acceptors (Lipinski definition) is 4. The SMILES string of the molecule is CCOCCN(CC)C1(CN)CCOC(C)C1. The van der Waals surface area contributed by atoms with E-state index in [1.54, 1.807) is 0 Å². The maximum Gasteiger partial charge on any atom is 0.0593 e. The van der Waals surface area contributed by atoms with Gasteiger partial charge in [0.25, 0.3) is 0 Å². The molecule has 102 valence electrons. The fraction of sp³-hybridized carbons (Fsp3) is 1.00. The average molecular weight is 244 g/mol. The molecular weight excluding hydrogens is 216 g/mol. The third-order valence-electron chi connectivity index (χ3n) is 3.78. The Morgan fingerprint density at radius 2 is 2.24 bits per heavy atom. The van der Waals surface area contributed by atoms with Crippen molar-refractivity contribution >= 4 is 0 Å². The molecule has 0 radical (unpaired) electrons. The lowest BCUT2D eigenvalue weighted by Crippen LogP contribution is -2.58. The van der Waals surface area contributed by atoms with Crippen LogP contribution < -0.4 is 5.73 Å². The molecule has 1 aliphatic heterocycles. The summed E-state index contributed by atoms with van der Waals surface area (Å²) in [6.45, 7) is 11.5. The van der Waals surface area contributed by atoms with Gasteiger partial charge in [-0.15, -0.1) is 0 Å². The predicted molar refractivity (Wildman–Crippen MR) is 70.2 cm³/mol.